The summed E-state index contributed by atoms with van der Waals surface area (Å²) in [7, 11) is -3.41. The first kappa shape index (κ1) is 14.7. The van der Waals surface area contributed by atoms with E-state index in [2.05, 4.69) is 10.3 Å². The smallest absolute Gasteiger partial charge is 0.252 e. The number of benzene rings is 1. The van der Waals surface area contributed by atoms with E-state index < -0.39 is 10.0 Å². The van der Waals surface area contributed by atoms with Crippen LogP contribution in [0.2, 0.25) is 0 Å². The van der Waals surface area contributed by atoms with Crippen LogP contribution >= 0.6 is 0 Å². The molecule has 0 spiro atoms. The zero-order valence-corrected chi connectivity index (χ0v) is 11.7. The van der Waals surface area contributed by atoms with E-state index in [1.165, 1.54) is 0 Å². The fourth-order valence-corrected chi connectivity index (χ4v) is 2.49. The molecule has 4 N–H and O–H groups in total. The van der Waals surface area contributed by atoms with Crippen LogP contribution in [0.5, 0.6) is 0 Å². The topological polar surface area (TPSA) is 105 Å². The van der Waals surface area contributed by atoms with Gasteiger partial charge in [0.1, 0.15) is 0 Å². The van der Waals surface area contributed by atoms with E-state index in [0.717, 1.165) is 10.9 Å². The number of aromatic nitrogens is 1. The largest absolute Gasteiger partial charge is 0.322 e. The Labute approximate surface area is 117 Å². The standard InChI is InChI=1S/C13H17N3O3S/c14-20(18,19)7-3-6-15-9-11-8-10-4-1-2-5-12(10)16-13(11)17/h1-2,4-5,8,15H,3,6-7,9H2,(H,16,17)(H2,14,18,19). The van der Waals surface area contributed by atoms with Gasteiger partial charge in [-0.2, -0.15) is 0 Å². The first-order chi connectivity index (χ1) is 9.46. The van der Waals surface area contributed by atoms with Crippen molar-refractivity contribution in [2.75, 3.05) is 12.3 Å². The predicted molar refractivity (Wildman–Crippen MR) is 78.9 cm³/mol. The van der Waals surface area contributed by atoms with E-state index >= 15 is 0 Å². The van der Waals surface area contributed by atoms with Gasteiger partial charge in [-0.25, -0.2) is 13.6 Å². The Balaban J connectivity index is 1.96. The highest BCUT2D eigenvalue weighted by atomic mass is 32.2. The van der Waals surface area contributed by atoms with Gasteiger partial charge >= 0.3 is 0 Å². The van der Waals surface area contributed by atoms with Crippen molar-refractivity contribution in [1.82, 2.24) is 10.3 Å². The fraction of sp³-hybridized carbons (Fsp3) is 0.308. The Hall–Kier alpha value is -1.70. The number of aromatic amines is 1. The molecular formula is C13H17N3O3S. The molecule has 20 heavy (non-hydrogen) atoms. The summed E-state index contributed by atoms with van der Waals surface area (Å²) in [4.78, 5) is 14.7. The molecule has 0 radical (unpaired) electrons. The second-order valence-electron chi connectivity index (χ2n) is 4.61. The molecule has 0 atom stereocenters. The van der Waals surface area contributed by atoms with E-state index in [4.69, 9.17) is 5.14 Å². The number of sulfonamides is 1. The number of hydrogen-bond acceptors (Lipinski definition) is 4. The van der Waals surface area contributed by atoms with E-state index in [9.17, 15) is 13.2 Å². The molecular weight excluding hydrogens is 278 g/mol. The molecule has 2 rings (SSSR count). The number of nitrogens with two attached hydrogens (primary N) is 1. The highest BCUT2D eigenvalue weighted by Crippen LogP contribution is 2.09. The van der Waals surface area contributed by atoms with Gasteiger partial charge in [0.2, 0.25) is 10.0 Å². The molecule has 0 saturated heterocycles. The first-order valence-electron chi connectivity index (χ1n) is 6.28. The number of hydrogen-bond donors (Lipinski definition) is 3. The Morgan fingerprint density at radius 2 is 2.00 bits per heavy atom. The predicted octanol–water partition coefficient (Wildman–Crippen LogP) is 0.296. The lowest BCUT2D eigenvalue weighted by Crippen LogP contribution is -2.24. The average molecular weight is 295 g/mol. The van der Waals surface area contributed by atoms with Crippen molar-refractivity contribution < 1.29 is 8.42 Å². The molecule has 6 nitrogen and oxygen atoms in total. The van der Waals surface area contributed by atoms with E-state index in [1.807, 2.05) is 30.3 Å². The van der Waals surface area contributed by atoms with Crippen molar-refractivity contribution in [2.45, 2.75) is 13.0 Å². The maximum Gasteiger partial charge on any atom is 0.252 e. The molecule has 0 aliphatic rings. The van der Waals surface area contributed by atoms with Crippen LogP contribution in [0.3, 0.4) is 0 Å². The number of nitrogens with one attached hydrogen (secondary N) is 2. The molecule has 1 heterocycles. The normalized spacial score (nSPS) is 11.8. The van der Waals surface area contributed by atoms with Crippen LogP contribution in [0.4, 0.5) is 0 Å². The highest BCUT2D eigenvalue weighted by molar-refractivity contribution is 7.89. The second kappa shape index (κ2) is 6.17. The Bertz CT molecular complexity index is 753. The minimum absolute atomic E-state index is 0.0614. The zero-order chi connectivity index (χ0) is 14.6. The monoisotopic (exact) mass is 295 g/mol. The Morgan fingerprint density at radius 3 is 2.75 bits per heavy atom. The third kappa shape index (κ3) is 4.16. The summed E-state index contributed by atoms with van der Waals surface area (Å²) < 4.78 is 21.5. The molecule has 0 unspecified atom stereocenters. The lowest BCUT2D eigenvalue weighted by Gasteiger charge is -2.05. The molecule has 0 saturated carbocycles. The van der Waals surface area contributed by atoms with Crippen molar-refractivity contribution >= 4 is 20.9 Å². The molecule has 0 aliphatic carbocycles. The average Bonchev–Trinajstić information content (AvgIpc) is 2.37. The van der Waals surface area contributed by atoms with Crippen molar-refractivity contribution in [3.05, 3.63) is 46.2 Å². The summed E-state index contributed by atoms with van der Waals surface area (Å²) in [6.45, 7) is 0.882. The maximum atomic E-state index is 11.8. The third-order valence-corrected chi connectivity index (χ3v) is 3.79. The molecule has 2 aromatic rings. The van der Waals surface area contributed by atoms with Crippen LogP contribution < -0.4 is 16.0 Å². The molecule has 0 amide bonds. The number of rotatable bonds is 6. The van der Waals surface area contributed by atoms with Crippen molar-refractivity contribution in [3.8, 4) is 0 Å². The minimum atomic E-state index is -3.41. The van der Waals surface area contributed by atoms with Crippen LogP contribution in [0.15, 0.2) is 35.1 Å². The fourth-order valence-electron chi connectivity index (χ4n) is 1.95. The van der Waals surface area contributed by atoms with Crippen LogP contribution in [-0.4, -0.2) is 25.7 Å². The van der Waals surface area contributed by atoms with Crippen molar-refractivity contribution in [2.24, 2.45) is 5.14 Å². The lowest BCUT2D eigenvalue weighted by atomic mass is 10.1. The summed E-state index contributed by atoms with van der Waals surface area (Å²) in [5.74, 6) is -0.0614. The van der Waals surface area contributed by atoms with Gasteiger partial charge in [0.05, 0.1) is 5.75 Å². The van der Waals surface area contributed by atoms with Gasteiger partial charge in [-0.05, 0) is 30.5 Å². The van der Waals surface area contributed by atoms with Crippen LogP contribution in [-0.2, 0) is 16.6 Å². The zero-order valence-electron chi connectivity index (χ0n) is 10.9. The van der Waals surface area contributed by atoms with E-state index in [1.54, 1.807) is 0 Å². The van der Waals surface area contributed by atoms with E-state index in [0.29, 0.717) is 25.1 Å². The Kier molecular flexibility index (Phi) is 4.53. The quantitative estimate of drug-likeness (QED) is 0.666. The first-order valence-corrected chi connectivity index (χ1v) is 7.99. The van der Waals surface area contributed by atoms with Crippen LogP contribution in [0.25, 0.3) is 10.9 Å². The van der Waals surface area contributed by atoms with Crippen molar-refractivity contribution in [3.63, 3.8) is 0 Å². The van der Waals surface area contributed by atoms with Gasteiger partial charge in [0, 0.05) is 17.6 Å². The molecule has 0 fully saturated rings. The number of H-pyrrole nitrogens is 1. The van der Waals surface area contributed by atoms with Gasteiger partial charge < -0.3 is 10.3 Å². The minimum Gasteiger partial charge on any atom is -0.322 e. The lowest BCUT2D eigenvalue weighted by molar-refractivity contribution is 0.590. The summed E-state index contributed by atoms with van der Waals surface area (Å²) in [6, 6.07) is 9.38. The second-order valence-corrected chi connectivity index (χ2v) is 6.34. The number of para-hydroxylation sites is 1. The molecule has 1 aromatic carbocycles. The molecule has 0 aliphatic heterocycles. The van der Waals surface area contributed by atoms with Crippen molar-refractivity contribution in [1.29, 1.82) is 0 Å². The van der Waals surface area contributed by atoms with Crippen LogP contribution in [0.1, 0.15) is 12.0 Å². The molecule has 1 aromatic heterocycles. The summed E-state index contributed by atoms with van der Waals surface area (Å²) in [5.41, 5.74) is 1.29. The molecule has 7 heteroatoms. The van der Waals surface area contributed by atoms with Gasteiger partial charge in [0.15, 0.2) is 0 Å². The van der Waals surface area contributed by atoms with Gasteiger partial charge in [-0.1, -0.05) is 18.2 Å². The van der Waals surface area contributed by atoms with Gasteiger partial charge in [-0.3, -0.25) is 4.79 Å². The van der Waals surface area contributed by atoms with Gasteiger partial charge in [0.25, 0.3) is 5.56 Å². The van der Waals surface area contributed by atoms with E-state index in [-0.39, 0.29) is 11.3 Å². The maximum absolute atomic E-state index is 11.8. The third-order valence-electron chi connectivity index (χ3n) is 2.93. The molecule has 0 bridgehead atoms. The number of primary sulfonamides is 1. The number of fused-ring (bicyclic) bond motifs is 1. The summed E-state index contributed by atoms with van der Waals surface area (Å²) >= 11 is 0. The van der Waals surface area contributed by atoms with Gasteiger partial charge in [-0.15, -0.1) is 0 Å². The highest BCUT2D eigenvalue weighted by Gasteiger charge is 2.04. The number of pyridine rings is 1. The summed E-state index contributed by atoms with van der Waals surface area (Å²) in [6.07, 6.45) is 0.421. The van der Waals surface area contributed by atoms with Crippen LogP contribution in [0, 0.1) is 0 Å². The summed E-state index contributed by atoms with van der Waals surface area (Å²) in [5, 5.41) is 8.91. The molecule has 108 valence electrons. The SMILES string of the molecule is NS(=O)(=O)CCCNCc1cc2ccccc2[nH]c1=O. The Morgan fingerprint density at radius 1 is 1.25 bits per heavy atom.